The molecule has 1 heterocycles. The van der Waals surface area contributed by atoms with Crippen molar-refractivity contribution in [1.29, 1.82) is 0 Å². The van der Waals surface area contributed by atoms with Gasteiger partial charge in [-0.2, -0.15) is 0 Å². The molecule has 8 heteroatoms. The number of carbonyl (C=O) groups is 2. The van der Waals surface area contributed by atoms with Gasteiger partial charge in [-0.1, -0.05) is 42.5 Å². The average Bonchev–Trinajstić information content (AvgIpc) is 3.03. The fourth-order valence-electron chi connectivity index (χ4n) is 3.21. The molecular formula is C24H25N3O3S2. The molecule has 1 aromatic heterocycles. The summed E-state index contributed by atoms with van der Waals surface area (Å²) in [6, 6.07) is 16.9. The molecule has 0 radical (unpaired) electrons. The van der Waals surface area contributed by atoms with Crippen molar-refractivity contribution in [3.63, 3.8) is 0 Å². The van der Waals surface area contributed by atoms with E-state index in [-0.39, 0.29) is 11.2 Å². The fourth-order valence-corrected chi connectivity index (χ4v) is 4.72. The van der Waals surface area contributed by atoms with Crippen LogP contribution in [0.1, 0.15) is 50.6 Å². The summed E-state index contributed by atoms with van der Waals surface area (Å²) in [5, 5.41) is 6.22. The Bertz CT molecular complexity index is 1140. The van der Waals surface area contributed by atoms with E-state index in [2.05, 4.69) is 10.6 Å². The van der Waals surface area contributed by atoms with Crippen LogP contribution < -0.4 is 21.1 Å². The van der Waals surface area contributed by atoms with Crippen molar-refractivity contribution in [3.05, 3.63) is 81.7 Å². The van der Waals surface area contributed by atoms with E-state index in [4.69, 9.17) is 22.7 Å². The van der Waals surface area contributed by atoms with E-state index in [0.717, 1.165) is 16.0 Å². The van der Waals surface area contributed by atoms with Crippen LogP contribution in [0.15, 0.2) is 54.6 Å². The third-order valence-corrected chi connectivity index (χ3v) is 6.06. The standard InChI is InChI=1S/C24H25N3O3S2/c1-14(2)30-18-12-8-7-11-17(18)22(29)26-24(31)27-23-20(21(25)28)15(3)19(32-23)13-16-9-5-4-6-10-16/h4-12,14H,13H2,1-3H3,(H2,25,28)(H2,26,27,29,31). The van der Waals surface area contributed by atoms with Crippen LogP contribution in [0.5, 0.6) is 5.75 Å². The van der Waals surface area contributed by atoms with Gasteiger partial charge in [-0.15, -0.1) is 11.3 Å². The summed E-state index contributed by atoms with van der Waals surface area (Å²) >= 11 is 6.74. The molecule has 2 aromatic carbocycles. The van der Waals surface area contributed by atoms with Gasteiger partial charge in [0, 0.05) is 11.3 Å². The van der Waals surface area contributed by atoms with Crippen LogP contribution in [0.25, 0.3) is 0 Å². The number of nitrogens with one attached hydrogen (secondary N) is 2. The highest BCUT2D eigenvalue weighted by Gasteiger charge is 2.21. The monoisotopic (exact) mass is 467 g/mol. The summed E-state index contributed by atoms with van der Waals surface area (Å²) in [4.78, 5) is 25.9. The van der Waals surface area contributed by atoms with E-state index in [0.29, 0.717) is 28.3 Å². The van der Waals surface area contributed by atoms with E-state index < -0.39 is 11.8 Å². The van der Waals surface area contributed by atoms with Crippen LogP contribution >= 0.6 is 23.6 Å². The molecule has 0 saturated carbocycles. The number of thiocarbonyl (C=S) groups is 1. The van der Waals surface area contributed by atoms with Crippen LogP contribution in [0.4, 0.5) is 5.00 Å². The number of ether oxygens (including phenoxy) is 1. The lowest BCUT2D eigenvalue weighted by Crippen LogP contribution is -2.34. The van der Waals surface area contributed by atoms with Gasteiger partial charge in [0.05, 0.1) is 17.2 Å². The number of rotatable bonds is 7. The Morgan fingerprint density at radius 3 is 2.41 bits per heavy atom. The van der Waals surface area contributed by atoms with Crippen molar-refractivity contribution in [2.45, 2.75) is 33.3 Å². The number of hydrogen-bond donors (Lipinski definition) is 3. The molecule has 0 bridgehead atoms. The lowest BCUT2D eigenvalue weighted by molar-refractivity contribution is 0.0970. The highest BCUT2D eigenvalue weighted by atomic mass is 32.1. The van der Waals surface area contributed by atoms with Crippen LogP contribution in [0, 0.1) is 6.92 Å². The lowest BCUT2D eigenvalue weighted by Gasteiger charge is -2.14. The summed E-state index contributed by atoms with van der Waals surface area (Å²) in [5.74, 6) is -0.486. The number of para-hydroxylation sites is 1. The van der Waals surface area contributed by atoms with Crippen molar-refractivity contribution in [2.75, 3.05) is 5.32 Å². The molecule has 166 valence electrons. The molecular weight excluding hydrogens is 442 g/mol. The molecule has 6 nitrogen and oxygen atoms in total. The molecule has 32 heavy (non-hydrogen) atoms. The molecule has 0 saturated heterocycles. The van der Waals surface area contributed by atoms with Crippen LogP contribution in [0.2, 0.25) is 0 Å². The maximum atomic E-state index is 12.8. The Morgan fingerprint density at radius 1 is 1.09 bits per heavy atom. The number of primary amides is 1. The van der Waals surface area contributed by atoms with Crippen molar-refractivity contribution >= 4 is 45.5 Å². The molecule has 0 atom stereocenters. The predicted octanol–water partition coefficient (Wildman–Crippen LogP) is 4.66. The molecule has 0 unspecified atom stereocenters. The zero-order chi connectivity index (χ0) is 23.3. The summed E-state index contributed by atoms with van der Waals surface area (Å²) < 4.78 is 5.71. The van der Waals surface area contributed by atoms with Gasteiger partial charge in [-0.05, 0) is 56.2 Å². The highest BCUT2D eigenvalue weighted by molar-refractivity contribution is 7.80. The highest BCUT2D eigenvalue weighted by Crippen LogP contribution is 2.34. The van der Waals surface area contributed by atoms with Gasteiger partial charge in [0.25, 0.3) is 11.8 Å². The van der Waals surface area contributed by atoms with Gasteiger partial charge in [-0.3, -0.25) is 14.9 Å². The Morgan fingerprint density at radius 2 is 1.75 bits per heavy atom. The van der Waals surface area contributed by atoms with Gasteiger partial charge in [0.1, 0.15) is 10.8 Å². The number of benzene rings is 2. The second kappa shape index (κ2) is 10.4. The third kappa shape index (κ3) is 5.72. The van der Waals surface area contributed by atoms with Gasteiger partial charge in [0.2, 0.25) is 0 Å². The van der Waals surface area contributed by atoms with Crippen molar-refractivity contribution in [1.82, 2.24) is 5.32 Å². The summed E-state index contributed by atoms with van der Waals surface area (Å²) in [7, 11) is 0. The first-order valence-corrected chi connectivity index (χ1v) is 11.3. The molecule has 0 aliphatic carbocycles. The van der Waals surface area contributed by atoms with Gasteiger partial charge < -0.3 is 15.8 Å². The molecule has 0 aliphatic rings. The minimum Gasteiger partial charge on any atom is -0.490 e. The number of nitrogens with two attached hydrogens (primary N) is 1. The SMILES string of the molecule is Cc1c(Cc2ccccc2)sc(NC(=S)NC(=O)c2ccccc2OC(C)C)c1C(N)=O. The summed E-state index contributed by atoms with van der Waals surface area (Å²) in [6.45, 7) is 5.64. The Hall–Kier alpha value is -3.23. The number of hydrogen-bond acceptors (Lipinski definition) is 5. The molecule has 0 spiro atoms. The zero-order valence-electron chi connectivity index (χ0n) is 18.1. The fraction of sp³-hybridized carbons (Fsp3) is 0.208. The van der Waals surface area contributed by atoms with E-state index in [1.165, 1.54) is 11.3 Å². The maximum absolute atomic E-state index is 12.8. The Kier molecular flexibility index (Phi) is 7.61. The minimum atomic E-state index is -0.551. The van der Waals surface area contributed by atoms with Crippen LogP contribution in [-0.4, -0.2) is 23.0 Å². The molecule has 3 rings (SSSR count). The smallest absolute Gasteiger partial charge is 0.261 e. The van der Waals surface area contributed by atoms with Gasteiger partial charge in [0.15, 0.2) is 5.11 Å². The topological polar surface area (TPSA) is 93.4 Å². The first-order chi connectivity index (χ1) is 15.3. The van der Waals surface area contributed by atoms with Crippen molar-refractivity contribution in [2.24, 2.45) is 5.73 Å². The first-order valence-electron chi connectivity index (χ1n) is 10.1. The molecule has 0 aliphatic heterocycles. The minimum absolute atomic E-state index is 0.0735. The Balaban J connectivity index is 1.78. The number of anilines is 1. The van der Waals surface area contributed by atoms with E-state index in [1.807, 2.05) is 51.1 Å². The largest absolute Gasteiger partial charge is 0.490 e. The summed E-state index contributed by atoms with van der Waals surface area (Å²) in [5.41, 5.74) is 8.31. The average molecular weight is 468 g/mol. The first kappa shape index (κ1) is 23.4. The van der Waals surface area contributed by atoms with Gasteiger partial charge >= 0.3 is 0 Å². The number of thiophene rings is 1. The number of amides is 2. The zero-order valence-corrected chi connectivity index (χ0v) is 19.7. The van der Waals surface area contributed by atoms with E-state index in [1.54, 1.807) is 24.3 Å². The number of carbonyl (C=O) groups excluding carboxylic acids is 2. The molecule has 0 fully saturated rings. The van der Waals surface area contributed by atoms with E-state index in [9.17, 15) is 9.59 Å². The van der Waals surface area contributed by atoms with Crippen molar-refractivity contribution in [3.8, 4) is 5.75 Å². The molecule has 2 amide bonds. The maximum Gasteiger partial charge on any atom is 0.261 e. The second-order valence-electron chi connectivity index (χ2n) is 7.45. The molecule has 4 N–H and O–H groups in total. The second-order valence-corrected chi connectivity index (χ2v) is 8.97. The van der Waals surface area contributed by atoms with Crippen LogP contribution in [0.3, 0.4) is 0 Å². The normalized spacial score (nSPS) is 10.6. The third-order valence-electron chi connectivity index (χ3n) is 4.65. The van der Waals surface area contributed by atoms with E-state index >= 15 is 0 Å². The quantitative estimate of drug-likeness (QED) is 0.440. The van der Waals surface area contributed by atoms with Crippen LogP contribution in [-0.2, 0) is 6.42 Å². The molecule has 3 aromatic rings. The summed E-state index contributed by atoms with van der Waals surface area (Å²) in [6.07, 6.45) is 0.586. The lowest BCUT2D eigenvalue weighted by atomic mass is 10.1. The van der Waals surface area contributed by atoms with Gasteiger partial charge in [-0.25, -0.2) is 0 Å². The van der Waals surface area contributed by atoms with Crippen molar-refractivity contribution < 1.29 is 14.3 Å². The Labute approximate surface area is 196 Å². The predicted molar refractivity (Wildman–Crippen MR) is 133 cm³/mol.